The van der Waals surface area contributed by atoms with Crippen LogP contribution in [-0.4, -0.2) is 31.4 Å². The van der Waals surface area contributed by atoms with Gasteiger partial charge in [-0.1, -0.05) is 41.1 Å². The van der Waals surface area contributed by atoms with Gasteiger partial charge in [0.05, 0.1) is 21.8 Å². The Balaban J connectivity index is 1.60. The maximum Gasteiger partial charge on any atom is 0.337 e. The second-order valence-electron chi connectivity index (χ2n) is 7.86. The molecule has 3 aromatic rings. The first-order chi connectivity index (χ1) is 15.6. The zero-order chi connectivity index (χ0) is 23.9. The molecule has 0 aliphatic carbocycles. The van der Waals surface area contributed by atoms with Crippen LogP contribution in [0.1, 0.15) is 46.0 Å². The van der Waals surface area contributed by atoms with Gasteiger partial charge < -0.3 is 10.4 Å². The molecular formula is C24H21BrN2O5S. The lowest BCUT2D eigenvalue weighted by Crippen LogP contribution is -2.36. The Labute approximate surface area is 200 Å². The third-order valence-electron chi connectivity index (χ3n) is 5.89. The maximum atomic E-state index is 13.4. The number of benzene rings is 3. The second kappa shape index (κ2) is 8.64. The zero-order valence-corrected chi connectivity index (χ0v) is 20.2. The lowest BCUT2D eigenvalue weighted by atomic mass is 9.99. The van der Waals surface area contributed by atoms with E-state index in [0.29, 0.717) is 10.2 Å². The Bertz CT molecular complexity index is 1360. The van der Waals surface area contributed by atoms with Crippen LogP contribution in [0.5, 0.6) is 0 Å². The van der Waals surface area contributed by atoms with Crippen molar-refractivity contribution in [3.8, 4) is 0 Å². The minimum atomic E-state index is -3.84. The van der Waals surface area contributed by atoms with E-state index in [9.17, 15) is 23.1 Å². The van der Waals surface area contributed by atoms with Gasteiger partial charge in [0, 0.05) is 22.0 Å². The number of carbonyl (C=O) groups is 2. The molecule has 170 valence electrons. The van der Waals surface area contributed by atoms with Crippen LogP contribution in [0.4, 0.5) is 11.4 Å². The Kier molecular flexibility index (Phi) is 6.02. The van der Waals surface area contributed by atoms with Crippen LogP contribution in [0.25, 0.3) is 0 Å². The van der Waals surface area contributed by atoms with Gasteiger partial charge in [-0.2, -0.15) is 0 Å². The summed E-state index contributed by atoms with van der Waals surface area (Å²) in [5.74, 6) is -1.67. The summed E-state index contributed by atoms with van der Waals surface area (Å²) in [6, 6.07) is 17.3. The van der Waals surface area contributed by atoms with Crippen LogP contribution >= 0.6 is 15.9 Å². The van der Waals surface area contributed by atoms with Crippen molar-refractivity contribution in [3.63, 3.8) is 0 Å². The van der Waals surface area contributed by atoms with E-state index in [0.717, 1.165) is 5.56 Å². The van der Waals surface area contributed by atoms with Crippen LogP contribution in [0.15, 0.2) is 76.1 Å². The number of carboxylic acid groups (broad SMARTS) is 1. The van der Waals surface area contributed by atoms with Crippen LogP contribution in [-0.2, 0) is 10.0 Å². The van der Waals surface area contributed by atoms with Gasteiger partial charge in [-0.3, -0.25) is 9.10 Å². The van der Waals surface area contributed by atoms with Gasteiger partial charge in [0.1, 0.15) is 0 Å². The Morgan fingerprint density at radius 3 is 2.33 bits per heavy atom. The number of nitrogens with zero attached hydrogens (tertiary/aromatic N) is 1. The molecule has 9 heteroatoms. The first kappa shape index (κ1) is 23.0. The molecule has 2 unspecified atom stereocenters. The average Bonchev–Trinajstić information content (AvgIpc) is 3.05. The molecule has 3 aromatic carbocycles. The Morgan fingerprint density at radius 2 is 1.67 bits per heavy atom. The van der Waals surface area contributed by atoms with E-state index in [-0.39, 0.29) is 33.7 Å². The van der Waals surface area contributed by atoms with E-state index in [1.54, 1.807) is 12.1 Å². The summed E-state index contributed by atoms with van der Waals surface area (Å²) in [6.45, 7) is 3.88. The van der Waals surface area contributed by atoms with Crippen molar-refractivity contribution in [2.75, 3.05) is 9.62 Å². The van der Waals surface area contributed by atoms with Crippen molar-refractivity contribution in [1.82, 2.24) is 0 Å². The predicted molar refractivity (Wildman–Crippen MR) is 129 cm³/mol. The third kappa shape index (κ3) is 4.14. The molecule has 0 spiro atoms. The highest BCUT2D eigenvalue weighted by atomic mass is 79.9. The zero-order valence-electron chi connectivity index (χ0n) is 17.8. The van der Waals surface area contributed by atoms with E-state index < -0.39 is 21.9 Å². The van der Waals surface area contributed by atoms with Gasteiger partial charge in [-0.25, -0.2) is 13.2 Å². The number of hydrogen-bond donors (Lipinski definition) is 2. The number of nitrogens with one attached hydrogen (secondary N) is 1. The molecule has 33 heavy (non-hydrogen) atoms. The fourth-order valence-corrected chi connectivity index (χ4v) is 6.11. The number of amides is 1. The normalized spacial score (nSPS) is 17.5. The minimum Gasteiger partial charge on any atom is -0.478 e. The van der Waals surface area contributed by atoms with Crippen molar-refractivity contribution in [1.29, 1.82) is 0 Å². The fraction of sp³-hybridized carbons (Fsp3) is 0.167. The average molecular weight is 529 g/mol. The van der Waals surface area contributed by atoms with Gasteiger partial charge in [0.25, 0.3) is 15.9 Å². The molecule has 0 bridgehead atoms. The summed E-state index contributed by atoms with van der Waals surface area (Å²) in [6.07, 6.45) is 0. The highest BCUT2D eigenvalue weighted by Gasteiger charge is 2.40. The smallest absolute Gasteiger partial charge is 0.337 e. The number of carbonyl (C=O) groups excluding carboxylic acids is 1. The number of sulfonamides is 1. The molecular weight excluding hydrogens is 508 g/mol. The topological polar surface area (TPSA) is 104 Å². The molecule has 0 saturated heterocycles. The number of carboxylic acids is 1. The molecule has 0 saturated carbocycles. The third-order valence-corrected chi connectivity index (χ3v) is 8.30. The molecule has 1 amide bonds. The van der Waals surface area contributed by atoms with Crippen molar-refractivity contribution >= 4 is 49.2 Å². The first-order valence-electron chi connectivity index (χ1n) is 10.2. The van der Waals surface area contributed by atoms with Crippen molar-refractivity contribution in [2.24, 2.45) is 0 Å². The number of anilines is 2. The summed E-state index contributed by atoms with van der Waals surface area (Å²) >= 11 is 3.21. The molecule has 2 N–H and O–H groups in total. The number of fused-ring (bicyclic) bond motifs is 1. The summed E-state index contributed by atoms with van der Waals surface area (Å²) in [5, 5.41) is 11.9. The maximum absolute atomic E-state index is 13.4. The Morgan fingerprint density at radius 1 is 1.00 bits per heavy atom. The molecule has 0 fully saturated rings. The molecule has 4 rings (SSSR count). The summed E-state index contributed by atoms with van der Waals surface area (Å²) in [7, 11) is -3.84. The highest BCUT2D eigenvalue weighted by Crippen LogP contribution is 2.43. The van der Waals surface area contributed by atoms with Crippen molar-refractivity contribution in [3.05, 3.63) is 87.9 Å². The predicted octanol–water partition coefficient (Wildman–Crippen LogP) is 5.10. The van der Waals surface area contributed by atoms with E-state index in [2.05, 4.69) is 21.2 Å². The van der Waals surface area contributed by atoms with Crippen LogP contribution < -0.4 is 9.62 Å². The fourth-order valence-electron chi connectivity index (χ4n) is 3.99. The molecule has 0 radical (unpaired) electrons. The van der Waals surface area contributed by atoms with Gasteiger partial charge >= 0.3 is 5.97 Å². The van der Waals surface area contributed by atoms with Crippen LogP contribution in [0.3, 0.4) is 0 Å². The molecule has 1 aliphatic heterocycles. The largest absolute Gasteiger partial charge is 0.478 e. The number of para-hydroxylation sites is 1. The number of rotatable bonds is 5. The molecule has 0 aromatic heterocycles. The second-order valence-corrected chi connectivity index (χ2v) is 10.6. The molecule has 1 aliphatic rings. The van der Waals surface area contributed by atoms with Gasteiger partial charge in [-0.05, 0) is 61.0 Å². The quantitative estimate of drug-likeness (QED) is 0.479. The molecule has 2 atom stereocenters. The van der Waals surface area contributed by atoms with Crippen molar-refractivity contribution < 1.29 is 23.1 Å². The van der Waals surface area contributed by atoms with Crippen LogP contribution in [0, 0.1) is 0 Å². The van der Waals surface area contributed by atoms with Gasteiger partial charge in [-0.15, -0.1) is 0 Å². The number of halogens is 1. The summed E-state index contributed by atoms with van der Waals surface area (Å²) < 4.78 is 28.9. The lowest BCUT2D eigenvalue weighted by molar-refractivity contribution is 0.0698. The minimum absolute atomic E-state index is 0.0513. The summed E-state index contributed by atoms with van der Waals surface area (Å²) in [5.41, 5.74) is 1.93. The SMILES string of the molecule is CC1c2ccccc2N(S(=O)(=O)c2ccc(C(=O)Nc3ccc(Br)cc3C(=O)O)cc2)C1C. The summed E-state index contributed by atoms with van der Waals surface area (Å²) in [4.78, 5) is 24.2. The van der Waals surface area contributed by atoms with Crippen LogP contribution in [0.2, 0.25) is 0 Å². The lowest BCUT2D eigenvalue weighted by Gasteiger charge is -2.26. The standard InChI is InChI=1S/C24H21BrN2O5S/c1-14-15(2)27(22-6-4-3-5-19(14)22)33(31,32)18-10-7-16(8-11-18)23(28)26-21-12-9-17(25)13-20(21)24(29)30/h3-15H,1-2H3,(H,26,28)(H,29,30). The first-order valence-corrected chi connectivity index (χ1v) is 12.4. The Hall–Kier alpha value is -3.17. The van der Waals surface area contributed by atoms with E-state index in [4.69, 9.17) is 0 Å². The van der Waals surface area contributed by atoms with E-state index in [1.165, 1.54) is 40.7 Å². The molecule has 7 nitrogen and oxygen atoms in total. The van der Waals surface area contributed by atoms with Gasteiger partial charge in [0.15, 0.2) is 0 Å². The number of hydrogen-bond acceptors (Lipinski definition) is 4. The van der Waals surface area contributed by atoms with E-state index in [1.807, 2.05) is 32.0 Å². The van der Waals surface area contributed by atoms with Gasteiger partial charge in [0.2, 0.25) is 0 Å². The number of aromatic carboxylic acids is 1. The molecule has 1 heterocycles. The monoisotopic (exact) mass is 528 g/mol. The van der Waals surface area contributed by atoms with E-state index >= 15 is 0 Å². The highest BCUT2D eigenvalue weighted by molar-refractivity contribution is 9.10. The van der Waals surface area contributed by atoms with Crippen molar-refractivity contribution in [2.45, 2.75) is 30.7 Å².